The Hall–Kier alpha value is -1.16. The van der Waals surface area contributed by atoms with Crippen LogP contribution in [0.1, 0.15) is 24.4 Å². The van der Waals surface area contributed by atoms with Crippen LogP contribution in [0.5, 0.6) is 0 Å². The van der Waals surface area contributed by atoms with Crippen LogP contribution in [-0.4, -0.2) is 33.9 Å². The molecular formula is C10H12ClN3O. The molecule has 2 heterocycles. The van der Waals surface area contributed by atoms with Crippen LogP contribution in [0.15, 0.2) is 6.07 Å². The second kappa shape index (κ2) is 3.77. The molecule has 2 rings (SSSR count). The molecule has 0 atom stereocenters. The Balaban J connectivity index is 2.10. The van der Waals surface area contributed by atoms with Gasteiger partial charge in [-0.05, 0) is 13.0 Å². The number of hydrogen-bond donors (Lipinski definition) is 0. The van der Waals surface area contributed by atoms with Gasteiger partial charge in [-0.25, -0.2) is 9.97 Å². The van der Waals surface area contributed by atoms with Crippen LogP contribution >= 0.6 is 11.6 Å². The summed E-state index contributed by atoms with van der Waals surface area (Å²) in [5.74, 6) is 1.09. The third-order valence-corrected chi connectivity index (χ3v) is 2.73. The number of aryl methyl sites for hydroxylation is 1. The fourth-order valence-electron chi connectivity index (χ4n) is 1.63. The number of aromatic nitrogens is 2. The molecule has 1 aliphatic heterocycles. The van der Waals surface area contributed by atoms with Crippen molar-refractivity contribution >= 4 is 17.5 Å². The standard InChI is InChI=1S/C10H12ClN3O/c1-6-3-9(11)13-10(12-6)8-4-14(5-8)7(2)15/h3,8H,4-5H2,1-2H3. The van der Waals surface area contributed by atoms with Gasteiger partial charge < -0.3 is 4.90 Å². The molecule has 1 aliphatic rings. The van der Waals surface area contributed by atoms with Crippen LogP contribution in [-0.2, 0) is 4.79 Å². The molecule has 0 bridgehead atoms. The number of rotatable bonds is 1. The molecule has 1 saturated heterocycles. The smallest absolute Gasteiger partial charge is 0.219 e. The predicted molar refractivity (Wildman–Crippen MR) is 56.8 cm³/mol. The van der Waals surface area contributed by atoms with Crippen molar-refractivity contribution in [2.45, 2.75) is 19.8 Å². The number of likely N-dealkylation sites (tertiary alicyclic amines) is 1. The third kappa shape index (κ3) is 2.09. The highest BCUT2D eigenvalue weighted by Crippen LogP contribution is 2.25. The van der Waals surface area contributed by atoms with E-state index >= 15 is 0 Å². The lowest BCUT2D eigenvalue weighted by Crippen LogP contribution is -2.48. The van der Waals surface area contributed by atoms with E-state index in [0.717, 1.165) is 11.5 Å². The van der Waals surface area contributed by atoms with Gasteiger partial charge >= 0.3 is 0 Å². The molecule has 1 fully saturated rings. The number of carbonyl (C=O) groups excluding carboxylic acids is 1. The predicted octanol–water partition coefficient (Wildman–Crippen LogP) is 1.38. The largest absolute Gasteiger partial charge is 0.341 e. The van der Waals surface area contributed by atoms with Crippen molar-refractivity contribution in [3.8, 4) is 0 Å². The van der Waals surface area contributed by atoms with Crippen LogP contribution in [0.3, 0.4) is 0 Å². The Labute approximate surface area is 93.3 Å². The minimum Gasteiger partial charge on any atom is -0.341 e. The monoisotopic (exact) mass is 225 g/mol. The maximum atomic E-state index is 11.0. The summed E-state index contributed by atoms with van der Waals surface area (Å²) in [6, 6.07) is 1.73. The van der Waals surface area contributed by atoms with E-state index in [4.69, 9.17) is 11.6 Å². The quantitative estimate of drug-likeness (QED) is 0.679. The van der Waals surface area contributed by atoms with Crippen LogP contribution in [0.4, 0.5) is 0 Å². The zero-order chi connectivity index (χ0) is 11.0. The van der Waals surface area contributed by atoms with E-state index in [2.05, 4.69) is 9.97 Å². The van der Waals surface area contributed by atoms with Crippen molar-refractivity contribution in [2.75, 3.05) is 13.1 Å². The molecule has 0 aromatic carbocycles. The first kappa shape index (κ1) is 10.4. The molecule has 0 radical (unpaired) electrons. The second-order valence-corrected chi connectivity index (χ2v) is 4.20. The van der Waals surface area contributed by atoms with Gasteiger partial charge in [0.2, 0.25) is 5.91 Å². The highest BCUT2D eigenvalue weighted by Gasteiger charge is 2.32. The average molecular weight is 226 g/mol. The highest BCUT2D eigenvalue weighted by atomic mass is 35.5. The van der Waals surface area contributed by atoms with E-state index in [1.54, 1.807) is 17.9 Å². The molecule has 0 N–H and O–H groups in total. The van der Waals surface area contributed by atoms with Gasteiger partial charge in [-0.1, -0.05) is 11.6 Å². The van der Waals surface area contributed by atoms with Gasteiger partial charge in [0.05, 0.1) is 5.92 Å². The first-order valence-electron chi connectivity index (χ1n) is 4.83. The summed E-state index contributed by atoms with van der Waals surface area (Å²) in [7, 11) is 0. The van der Waals surface area contributed by atoms with Gasteiger partial charge in [0, 0.05) is 25.7 Å². The highest BCUT2D eigenvalue weighted by molar-refractivity contribution is 6.29. The summed E-state index contributed by atoms with van der Waals surface area (Å²) in [5, 5.41) is 0.471. The first-order chi connectivity index (χ1) is 7.06. The Morgan fingerprint density at radius 3 is 2.73 bits per heavy atom. The first-order valence-corrected chi connectivity index (χ1v) is 5.20. The van der Waals surface area contributed by atoms with Crippen molar-refractivity contribution in [3.63, 3.8) is 0 Å². The van der Waals surface area contributed by atoms with Gasteiger partial charge in [-0.2, -0.15) is 0 Å². The molecule has 1 aromatic rings. The van der Waals surface area contributed by atoms with Crippen molar-refractivity contribution in [3.05, 3.63) is 22.7 Å². The number of nitrogens with zero attached hydrogens (tertiary/aromatic N) is 3. The van der Waals surface area contributed by atoms with E-state index < -0.39 is 0 Å². The fraction of sp³-hybridized carbons (Fsp3) is 0.500. The molecule has 80 valence electrons. The molecule has 1 aromatic heterocycles. The summed E-state index contributed by atoms with van der Waals surface area (Å²) in [6.45, 7) is 4.86. The minimum absolute atomic E-state index is 0.102. The normalized spacial score (nSPS) is 16.3. The molecule has 0 spiro atoms. The lowest BCUT2D eigenvalue weighted by molar-refractivity contribution is -0.133. The van der Waals surface area contributed by atoms with Crippen LogP contribution in [0, 0.1) is 6.92 Å². The summed E-state index contributed by atoms with van der Waals surface area (Å²) < 4.78 is 0. The Bertz CT molecular complexity index is 381. The molecule has 4 nitrogen and oxygen atoms in total. The molecule has 0 aliphatic carbocycles. The molecular weight excluding hydrogens is 214 g/mol. The van der Waals surface area contributed by atoms with E-state index in [1.807, 2.05) is 6.92 Å². The van der Waals surface area contributed by atoms with E-state index in [-0.39, 0.29) is 11.8 Å². The summed E-state index contributed by atoms with van der Waals surface area (Å²) in [4.78, 5) is 21.2. The zero-order valence-corrected chi connectivity index (χ0v) is 9.45. The van der Waals surface area contributed by atoms with Gasteiger partial charge in [0.1, 0.15) is 11.0 Å². The van der Waals surface area contributed by atoms with Crippen molar-refractivity contribution in [2.24, 2.45) is 0 Å². The summed E-state index contributed by atoms with van der Waals surface area (Å²) >= 11 is 5.84. The Morgan fingerprint density at radius 2 is 2.20 bits per heavy atom. The second-order valence-electron chi connectivity index (χ2n) is 3.81. The summed E-state index contributed by atoms with van der Waals surface area (Å²) in [5.41, 5.74) is 0.867. The number of halogens is 1. The van der Waals surface area contributed by atoms with Gasteiger partial charge in [-0.15, -0.1) is 0 Å². The molecule has 0 unspecified atom stereocenters. The molecule has 1 amide bonds. The molecule has 0 saturated carbocycles. The number of carbonyl (C=O) groups is 1. The number of amides is 1. The van der Waals surface area contributed by atoms with Gasteiger partial charge in [0.15, 0.2) is 0 Å². The Morgan fingerprint density at radius 1 is 1.53 bits per heavy atom. The van der Waals surface area contributed by atoms with E-state index in [9.17, 15) is 4.79 Å². The van der Waals surface area contributed by atoms with Crippen molar-refractivity contribution in [1.29, 1.82) is 0 Å². The lowest BCUT2D eigenvalue weighted by atomic mass is 9.99. The fourth-order valence-corrected chi connectivity index (χ4v) is 1.88. The van der Waals surface area contributed by atoms with Gasteiger partial charge in [-0.3, -0.25) is 4.79 Å². The Kier molecular flexibility index (Phi) is 2.61. The minimum atomic E-state index is 0.102. The lowest BCUT2D eigenvalue weighted by Gasteiger charge is -2.37. The summed E-state index contributed by atoms with van der Waals surface area (Å²) in [6.07, 6.45) is 0. The van der Waals surface area contributed by atoms with Crippen molar-refractivity contribution < 1.29 is 4.79 Å². The van der Waals surface area contributed by atoms with E-state index in [0.29, 0.717) is 18.2 Å². The van der Waals surface area contributed by atoms with Crippen LogP contribution < -0.4 is 0 Å². The SMILES string of the molecule is CC(=O)N1CC(c2nc(C)cc(Cl)n2)C1. The topological polar surface area (TPSA) is 46.1 Å². The van der Waals surface area contributed by atoms with Crippen molar-refractivity contribution in [1.82, 2.24) is 14.9 Å². The van der Waals surface area contributed by atoms with Crippen LogP contribution in [0.2, 0.25) is 5.15 Å². The molecule has 15 heavy (non-hydrogen) atoms. The molecule has 5 heteroatoms. The van der Waals surface area contributed by atoms with Crippen LogP contribution in [0.25, 0.3) is 0 Å². The number of hydrogen-bond acceptors (Lipinski definition) is 3. The third-order valence-electron chi connectivity index (χ3n) is 2.53. The van der Waals surface area contributed by atoms with Gasteiger partial charge in [0.25, 0.3) is 0 Å². The maximum absolute atomic E-state index is 11.0. The average Bonchev–Trinajstić information content (AvgIpc) is 1.97. The maximum Gasteiger partial charge on any atom is 0.219 e. The zero-order valence-electron chi connectivity index (χ0n) is 8.70. The van der Waals surface area contributed by atoms with E-state index in [1.165, 1.54) is 0 Å².